The van der Waals surface area contributed by atoms with E-state index in [1.54, 1.807) is 7.11 Å². The second-order valence-corrected chi connectivity index (χ2v) is 3.71. The van der Waals surface area contributed by atoms with Gasteiger partial charge in [0.1, 0.15) is 0 Å². The van der Waals surface area contributed by atoms with Gasteiger partial charge in [-0.3, -0.25) is 9.59 Å². The number of ether oxygens (including phenoxy) is 1. The summed E-state index contributed by atoms with van der Waals surface area (Å²) in [4.78, 5) is 20.7. The molecule has 0 heterocycles. The van der Waals surface area contributed by atoms with E-state index in [1.807, 2.05) is 6.92 Å². The molecule has 88 valence electrons. The predicted octanol–water partition coefficient (Wildman–Crippen LogP) is 0.638. The van der Waals surface area contributed by atoms with Crippen molar-refractivity contribution < 1.29 is 19.4 Å². The number of nitrogens with one attached hydrogen (secondary N) is 1. The Bertz CT molecular complexity index is 196. The highest BCUT2D eigenvalue weighted by atomic mass is 16.5. The number of carbonyl (C=O) groups excluding carboxylic acids is 1. The van der Waals surface area contributed by atoms with Gasteiger partial charge in [0.15, 0.2) is 0 Å². The molecule has 0 spiro atoms. The molecule has 0 rings (SSSR count). The van der Waals surface area contributed by atoms with Crippen LogP contribution in [0.2, 0.25) is 0 Å². The molecule has 0 aliphatic heterocycles. The van der Waals surface area contributed by atoms with E-state index in [1.165, 1.54) is 0 Å². The molecular formula is C10H19NO4. The molecule has 5 nitrogen and oxygen atoms in total. The van der Waals surface area contributed by atoms with Crippen molar-refractivity contribution in [3.63, 3.8) is 0 Å². The highest BCUT2D eigenvalue weighted by molar-refractivity contribution is 5.66. The summed E-state index contributed by atoms with van der Waals surface area (Å²) in [6.45, 7) is 2.62. The molecule has 2 N–H and O–H groups in total. The fourth-order valence-electron chi connectivity index (χ4n) is 1.50. The summed E-state index contributed by atoms with van der Waals surface area (Å²) >= 11 is 0. The smallest absolute Gasteiger partial charge is 0.303 e. The number of aliphatic carboxylic acids is 1. The summed E-state index contributed by atoms with van der Waals surface area (Å²) in [5.74, 6) is -0.534. The minimum Gasteiger partial charge on any atom is -0.481 e. The van der Waals surface area contributed by atoms with Crippen LogP contribution in [-0.4, -0.2) is 37.2 Å². The number of rotatable bonds is 9. The maximum absolute atomic E-state index is 10.4. The standard InChI is InChI=1S/C10H19NO4/c1-8(6-15-2)5-9(11-7-12)3-4-10(13)14/h7-9H,3-6H2,1-2H3,(H,11,12)(H,13,14). The molecule has 2 atom stereocenters. The first kappa shape index (κ1) is 13.9. The fourth-order valence-corrected chi connectivity index (χ4v) is 1.50. The monoisotopic (exact) mass is 217 g/mol. The average Bonchev–Trinajstić information content (AvgIpc) is 2.15. The van der Waals surface area contributed by atoms with Crippen LogP contribution in [-0.2, 0) is 14.3 Å². The number of carboxylic acid groups (broad SMARTS) is 1. The maximum Gasteiger partial charge on any atom is 0.303 e. The third kappa shape index (κ3) is 7.93. The van der Waals surface area contributed by atoms with Crippen LogP contribution in [0.1, 0.15) is 26.2 Å². The van der Waals surface area contributed by atoms with Crippen LogP contribution in [0.3, 0.4) is 0 Å². The Kier molecular flexibility index (Phi) is 7.62. The lowest BCUT2D eigenvalue weighted by atomic mass is 9.99. The molecule has 2 unspecified atom stereocenters. The summed E-state index contributed by atoms with van der Waals surface area (Å²) in [5.41, 5.74) is 0. The van der Waals surface area contributed by atoms with Crippen LogP contribution in [0.4, 0.5) is 0 Å². The molecule has 5 heteroatoms. The van der Waals surface area contributed by atoms with Gasteiger partial charge in [-0.15, -0.1) is 0 Å². The van der Waals surface area contributed by atoms with Crippen molar-refractivity contribution in [3.8, 4) is 0 Å². The van der Waals surface area contributed by atoms with Gasteiger partial charge in [0.05, 0.1) is 0 Å². The van der Waals surface area contributed by atoms with Gasteiger partial charge in [-0.2, -0.15) is 0 Å². The van der Waals surface area contributed by atoms with E-state index in [0.717, 1.165) is 6.42 Å². The van der Waals surface area contributed by atoms with Crippen LogP contribution in [0.5, 0.6) is 0 Å². The molecule has 15 heavy (non-hydrogen) atoms. The molecule has 0 aliphatic rings. The topological polar surface area (TPSA) is 75.6 Å². The van der Waals surface area contributed by atoms with Gasteiger partial charge in [0.2, 0.25) is 6.41 Å². The zero-order valence-electron chi connectivity index (χ0n) is 9.23. The van der Waals surface area contributed by atoms with Crippen molar-refractivity contribution >= 4 is 12.4 Å². The second kappa shape index (κ2) is 8.23. The minimum absolute atomic E-state index is 0.0746. The van der Waals surface area contributed by atoms with Crippen LogP contribution >= 0.6 is 0 Å². The van der Waals surface area contributed by atoms with E-state index in [0.29, 0.717) is 25.4 Å². The Hall–Kier alpha value is -1.10. The lowest BCUT2D eigenvalue weighted by Gasteiger charge is -2.19. The van der Waals surface area contributed by atoms with E-state index in [-0.39, 0.29) is 12.5 Å². The fraction of sp³-hybridized carbons (Fsp3) is 0.800. The van der Waals surface area contributed by atoms with E-state index in [9.17, 15) is 9.59 Å². The molecule has 0 aromatic heterocycles. The number of hydrogen-bond donors (Lipinski definition) is 2. The van der Waals surface area contributed by atoms with Gasteiger partial charge in [0.25, 0.3) is 0 Å². The summed E-state index contributed by atoms with van der Waals surface area (Å²) in [6.07, 6.45) is 1.89. The van der Waals surface area contributed by atoms with Crippen molar-refractivity contribution in [3.05, 3.63) is 0 Å². The van der Waals surface area contributed by atoms with Crippen LogP contribution in [0.15, 0.2) is 0 Å². The molecule has 0 fully saturated rings. The number of methoxy groups -OCH3 is 1. The van der Waals surface area contributed by atoms with Crippen LogP contribution in [0.25, 0.3) is 0 Å². The lowest BCUT2D eigenvalue weighted by molar-refractivity contribution is -0.137. The number of hydrogen-bond acceptors (Lipinski definition) is 3. The van der Waals surface area contributed by atoms with Gasteiger partial charge >= 0.3 is 5.97 Å². The Morgan fingerprint density at radius 2 is 2.27 bits per heavy atom. The molecule has 0 saturated carbocycles. The normalized spacial score (nSPS) is 14.3. The van der Waals surface area contributed by atoms with E-state index < -0.39 is 5.97 Å². The van der Waals surface area contributed by atoms with Crippen molar-refractivity contribution in [2.24, 2.45) is 5.92 Å². The Labute approximate surface area is 89.8 Å². The van der Waals surface area contributed by atoms with Crippen molar-refractivity contribution in [2.75, 3.05) is 13.7 Å². The van der Waals surface area contributed by atoms with E-state index in [2.05, 4.69) is 5.32 Å². The third-order valence-corrected chi connectivity index (χ3v) is 2.15. The summed E-state index contributed by atoms with van der Waals surface area (Å²) in [6, 6.07) is -0.0799. The number of amides is 1. The van der Waals surface area contributed by atoms with E-state index in [4.69, 9.17) is 9.84 Å². The largest absolute Gasteiger partial charge is 0.481 e. The first-order chi connectivity index (χ1) is 7.10. The quantitative estimate of drug-likeness (QED) is 0.556. The Morgan fingerprint density at radius 3 is 2.73 bits per heavy atom. The Balaban J connectivity index is 3.90. The first-order valence-electron chi connectivity index (χ1n) is 5.00. The van der Waals surface area contributed by atoms with Gasteiger partial charge in [0, 0.05) is 26.2 Å². The molecular weight excluding hydrogens is 198 g/mol. The zero-order valence-corrected chi connectivity index (χ0v) is 9.23. The molecule has 1 amide bonds. The lowest BCUT2D eigenvalue weighted by Crippen LogP contribution is -2.31. The van der Waals surface area contributed by atoms with Gasteiger partial charge in [-0.25, -0.2) is 0 Å². The van der Waals surface area contributed by atoms with Crippen molar-refractivity contribution in [1.29, 1.82) is 0 Å². The van der Waals surface area contributed by atoms with Gasteiger partial charge in [-0.1, -0.05) is 6.92 Å². The van der Waals surface area contributed by atoms with Gasteiger partial charge < -0.3 is 15.2 Å². The second-order valence-electron chi connectivity index (χ2n) is 3.71. The third-order valence-electron chi connectivity index (χ3n) is 2.15. The zero-order chi connectivity index (χ0) is 11.7. The summed E-state index contributed by atoms with van der Waals surface area (Å²) < 4.78 is 4.98. The molecule has 0 bridgehead atoms. The van der Waals surface area contributed by atoms with Crippen LogP contribution < -0.4 is 5.32 Å². The molecule has 0 radical (unpaired) electrons. The SMILES string of the molecule is COCC(C)CC(CCC(=O)O)NC=O. The first-order valence-corrected chi connectivity index (χ1v) is 5.00. The predicted molar refractivity (Wildman–Crippen MR) is 55.5 cm³/mol. The molecule has 0 aromatic rings. The minimum atomic E-state index is -0.841. The molecule has 0 saturated heterocycles. The van der Waals surface area contributed by atoms with Crippen molar-refractivity contribution in [1.82, 2.24) is 5.32 Å². The number of carbonyl (C=O) groups is 2. The molecule has 0 aliphatic carbocycles. The molecule has 0 aromatic carbocycles. The highest BCUT2D eigenvalue weighted by Crippen LogP contribution is 2.10. The summed E-state index contributed by atoms with van der Waals surface area (Å²) in [5, 5.41) is 11.2. The highest BCUT2D eigenvalue weighted by Gasteiger charge is 2.13. The van der Waals surface area contributed by atoms with Crippen LogP contribution in [0, 0.1) is 5.92 Å². The van der Waals surface area contributed by atoms with E-state index >= 15 is 0 Å². The summed E-state index contributed by atoms with van der Waals surface area (Å²) in [7, 11) is 1.62. The average molecular weight is 217 g/mol. The Morgan fingerprint density at radius 1 is 1.60 bits per heavy atom. The van der Waals surface area contributed by atoms with Crippen molar-refractivity contribution in [2.45, 2.75) is 32.2 Å². The maximum atomic E-state index is 10.4. The van der Waals surface area contributed by atoms with Gasteiger partial charge in [-0.05, 0) is 18.8 Å². The number of carboxylic acids is 1.